The smallest absolute Gasteiger partial charge is 0.241 e. The van der Waals surface area contributed by atoms with Crippen LogP contribution in [0.1, 0.15) is 12.8 Å². The zero-order valence-corrected chi connectivity index (χ0v) is 6.10. The van der Waals surface area contributed by atoms with Crippen LogP contribution in [0.15, 0.2) is 17.3 Å². The molecule has 0 atom stereocenters. The van der Waals surface area contributed by atoms with Gasteiger partial charge in [-0.3, -0.25) is 4.79 Å². The van der Waals surface area contributed by atoms with Crippen molar-refractivity contribution in [2.75, 3.05) is 6.54 Å². The highest BCUT2D eigenvalue weighted by Crippen LogP contribution is 1.89. The summed E-state index contributed by atoms with van der Waals surface area (Å²) in [6, 6.07) is 0. The van der Waals surface area contributed by atoms with Crippen LogP contribution in [0.5, 0.6) is 0 Å². The van der Waals surface area contributed by atoms with E-state index in [1.165, 1.54) is 6.08 Å². The number of hydrogen-bond donors (Lipinski definition) is 1. The van der Waals surface area contributed by atoms with Crippen molar-refractivity contribution in [2.24, 2.45) is 10.8 Å². The minimum Gasteiger partial charge on any atom is -0.330 e. The normalized spacial score (nSPS) is 9.55. The lowest BCUT2D eigenvalue weighted by molar-refractivity contribution is -0.113. The van der Waals surface area contributed by atoms with E-state index in [0.717, 1.165) is 12.8 Å². The monoisotopic (exact) mass is 154 g/mol. The number of amides is 1. The van der Waals surface area contributed by atoms with E-state index in [4.69, 9.17) is 11.3 Å². The molecule has 0 aliphatic rings. The van der Waals surface area contributed by atoms with Crippen molar-refractivity contribution >= 4 is 5.91 Å². The highest BCUT2D eigenvalue weighted by atomic mass is 16.1. The Bertz CT molecular complexity index is 193. The molecule has 5 nitrogen and oxygen atoms in total. The molecule has 1 amide bonds. The molecule has 5 heteroatoms. The van der Waals surface area contributed by atoms with Crippen molar-refractivity contribution in [3.05, 3.63) is 22.6 Å². The molecule has 0 aliphatic heterocycles. The van der Waals surface area contributed by atoms with Gasteiger partial charge in [0.05, 0.1) is 0 Å². The second-order valence-corrected chi connectivity index (χ2v) is 1.86. The molecule has 0 aromatic carbocycles. The first-order chi connectivity index (χ1) is 5.31. The van der Waals surface area contributed by atoms with E-state index in [-0.39, 0.29) is 0 Å². The van der Waals surface area contributed by atoms with Crippen LogP contribution in [-0.2, 0) is 4.79 Å². The first-order valence-corrected chi connectivity index (χ1v) is 3.27. The maximum absolute atomic E-state index is 10.5. The van der Waals surface area contributed by atoms with Gasteiger partial charge in [-0.2, -0.15) is 0 Å². The maximum atomic E-state index is 10.5. The van der Waals surface area contributed by atoms with Gasteiger partial charge in [0, 0.05) is 4.91 Å². The summed E-state index contributed by atoms with van der Waals surface area (Å²) in [5, 5.41) is 2.85. The minimum atomic E-state index is -0.565. The molecular weight excluding hydrogens is 144 g/mol. The number of rotatable bonds is 4. The predicted molar refractivity (Wildman–Crippen MR) is 41.6 cm³/mol. The van der Waals surface area contributed by atoms with Gasteiger partial charge in [0.1, 0.15) is 0 Å². The summed E-state index contributed by atoms with van der Waals surface area (Å²) in [4.78, 5) is 12.8. The van der Waals surface area contributed by atoms with Crippen molar-refractivity contribution in [1.82, 2.24) is 0 Å². The Labute approximate surface area is 64.5 Å². The summed E-state index contributed by atoms with van der Waals surface area (Å²) in [6.07, 6.45) is 4.46. The summed E-state index contributed by atoms with van der Waals surface area (Å²) in [6.45, 7) is 0.597. The van der Waals surface area contributed by atoms with Gasteiger partial charge in [0.25, 0.3) is 0 Å². The van der Waals surface area contributed by atoms with Crippen LogP contribution in [0, 0.1) is 0 Å². The third-order valence-corrected chi connectivity index (χ3v) is 0.979. The molecule has 0 unspecified atom stereocenters. The average molecular weight is 154 g/mol. The zero-order valence-electron chi connectivity index (χ0n) is 6.10. The zero-order chi connectivity index (χ0) is 8.53. The van der Waals surface area contributed by atoms with Crippen molar-refractivity contribution in [2.45, 2.75) is 12.8 Å². The summed E-state index contributed by atoms with van der Waals surface area (Å²) < 4.78 is 0. The third-order valence-electron chi connectivity index (χ3n) is 0.979. The SMILES string of the molecule is [N-]=[N+]=NC(=O)C=CCCCN. The molecule has 11 heavy (non-hydrogen) atoms. The van der Waals surface area contributed by atoms with Crippen LogP contribution >= 0.6 is 0 Å². The molecule has 60 valence electrons. The highest BCUT2D eigenvalue weighted by molar-refractivity contribution is 5.88. The molecule has 0 bridgehead atoms. The van der Waals surface area contributed by atoms with Gasteiger partial charge in [-0.25, -0.2) is 0 Å². The first-order valence-electron chi connectivity index (χ1n) is 3.27. The molecule has 0 aliphatic carbocycles. The molecule has 0 saturated carbocycles. The summed E-state index contributed by atoms with van der Waals surface area (Å²) in [5.74, 6) is -0.565. The lowest BCUT2D eigenvalue weighted by Crippen LogP contribution is -1.96. The molecule has 0 saturated heterocycles. The van der Waals surface area contributed by atoms with Gasteiger partial charge in [0.2, 0.25) is 5.91 Å². The Morgan fingerprint density at radius 3 is 3.00 bits per heavy atom. The van der Waals surface area contributed by atoms with Crippen molar-refractivity contribution in [3.63, 3.8) is 0 Å². The number of azide groups is 1. The predicted octanol–water partition coefficient (Wildman–Crippen LogP) is 1.12. The molecule has 0 rings (SSSR count). The van der Waals surface area contributed by atoms with Gasteiger partial charge >= 0.3 is 0 Å². The Hall–Kier alpha value is -1.32. The van der Waals surface area contributed by atoms with E-state index in [0.29, 0.717) is 6.54 Å². The van der Waals surface area contributed by atoms with Crippen LogP contribution in [-0.4, -0.2) is 12.5 Å². The van der Waals surface area contributed by atoms with Gasteiger partial charge in [-0.05, 0) is 36.1 Å². The van der Waals surface area contributed by atoms with Crippen LogP contribution in [0.3, 0.4) is 0 Å². The number of nitrogens with zero attached hydrogens (tertiary/aromatic N) is 3. The largest absolute Gasteiger partial charge is 0.330 e. The quantitative estimate of drug-likeness (QED) is 0.216. The summed E-state index contributed by atoms with van der Waals surface area (Å²) in [5.41, 5.74) is 13.0. The number of unbranched alkanes of at least 4 members (excludes halogenated alkanes) is 1. The summed E-state index contributed by atoms with van der Waals surface area (Å²) >= 11 is 0. The highest BCUT2D eigenvalue weighted by Gasteiger charge is 1.86. The number of carbonyl (C=O) groups excluding carboxylic acids is 1. The van der Waals surface area contributed by atoms with Crippen LogP contribution in [0.2, 0.25) is 0 Å². The number of nitrogens with two attached hydrogens (primary N) is 1. The first kappa shape index (κ1) is 9.68. The topological polar surface area (TPSA) is 91.9 Å². The number of hydrogen-bond acceptors (Lipinski definition) is 2. The van der Waals surface area contributed by atoms with E-state index >= 15 is 0 Å². The van der Waals surface area contributed by atoms with Crippen LogP contribution in [0.4, 0.5) is 0 Å². The van der Waals surface area contributed by atoms with Crippen molar-refractivity contribution < 1.29 is 4.79 Å². The number of allylic oxidation sites excluding steroid dienone is 1. The lowest BCUT2D eigenvalue weighted by Gasteiger charge is -1.85. The molecule has 0 aromatic rings. The maximum Gasteiger partial charge on any atom is 0.241 e. The van der Waals surface area contributed by atoms with E-state index in [2.05, 4.69) is 10.0 Å². The molecule has 0 heterocycles. The van der Waals surface area contributed by atoms with Crippen LogP contribution in [0.25, 0.3) is 10.4 Å². The molecule has 0 radical (unpaired) electrons. The van der Waals surface area contributed by atoms with Crippen molar-refractivity contribution in [3.8, 4) is 0 Å². The van der Waals surface area contributed by atoms with Gasteiger partial charge in [0.15, 0.2) is 0 Å². The molecule has 0 aromatic heterocycles. The second-order valence-electron chi connectivity index (χ2n) is 1.86. The van der Waals surface area contributed by atoms with E-state index < -0.39 is 5.91 Å². The Balaban J connectivity index is 3.56. The van der Waals surface area contributed by atoms with E-state index in [9.17, 15) is 4.79 Å². The fraction of sp³-hybridized carbons (Fsp3) is 0.500. The average Bonchev–Trinajstić information content (AvgIpc) is 1.99. The van der Waals surface area contributed by atoms with Crippen LogP contribution < -0.4 is 5.73 Å². The second kappa shape index (κ2) is 6.80. The van der Waals surface area contributed by atoms with Gasteiger partial charge in [-0.15, -0.1) is 0 Å². The fourth-order valence-electron chi connectivity index (χ4n) is 0.497. The number of carbonyl (C=O) groups is 1. The molecule has 2 N–H and O–H groups in total. The van der Waals surface area contributed by atoms with Gasteiger partial charge in [-0.1, -0.05) is 6.08 Å². The Morgan fingerprint density at radius 2 is 2.45 bits per heavy atom. The third kappa shape index (κ3) is 6.57. The minimum absolute atomic E-state index is 0.565. The Kier molecular flexibility index (Phi) is 5.98. The molecular formula is C6H10N4O. The standard InChI is InChI=1S/C6H10N4O/c7-5-3-1-2-4-6(11)9-10-8/h2,4H,1,3,5,7H2. The lowest BCUT2D eigenvalue weighted by atomic mass is 10.3. The van der Waals surface area contributed by atoms with Crippen molar-refractivity contribution in [1.29, 1.82) is 0 Å². The Morgan fingerprint density at radius 1 is 1.73 bits per heavy atom. The van der Waals surface area contributed by atoms with E-state index in [1.807, 2.05) is 0 Å². The summed E-state index contributed by atoms with van der Waals surface area (Å²) in [7, 11) is 0. The van der Waals surface area contributed by atoms with Gasteiger partial charge < -0.3 is 5.73 Å². The molecule has 0 spiro atoms. The van der Waals surface area contributed by atoms with E-state index in [1.54, 1.807) is 6.08 Å². The fourth-order valence-corrected chi connectivity index (χ4v) is 0.497. The molecule has 0 fully saturated rings.